The van der Waals surface area contributed by atoms with Crippen molar-refractivity contribution in [2.45, 2.75) is 26.2 Å². The number of hydrogen-bond acceptors (Lipinski definition) is 1. The molecule has 0 spiro atoms. The van der Waals surface area contributed by atoms with Gasteiger partial charge in [0.1, 0.15) is 0 Å². The summed E-state index contributed by atoms with van der Waals surface area (Å²) in [7, 11) is 0. The summed E-state index contributed by atoms with van der Waals surface area (Å²) < 4.78 is 26.0. The van der Waals surface area contributed by atoms with Gasteiger partial charge in [0.25, 0.3) is 5.92 Å². The quantitative estimate of drug-likeness (QED) is 0.670. The Kier molecular flexibility index (Phi) is 2.47. The van der Waals surface area contributed by atoms with E-state index in [1.807, 2.05) is 0 Å². The first-order chi connectivity index (χ1) is 5.02. The van der Waals surface area contributed by atoms with Crippen molar-refractivity contribution in [3.05, 3.63) is 0 Å². The molecule has 1 saturated heterocycles. The largest absolute Gasteiger partial charge is 0.316 e. The van der Waals surface area contributed by atoms with Crippen molar-refractivity contribution in [2.75, 3.05) is 13.1 Å². The molecular weight excluding hydrogens is 148 g/mol. The summed E-state index contributed by atoms with van der Waals surface area (Å²) in [4.78, 5) is 0. The summed E-state index contributed by atoms with van der Waals surface area (Å²) in [5.74, 6) is -2.79. The maximum absolute atomic E-state index is 13.0. The van der Waals surface area contributed by atoms with E-state index >= 15 is 0 Å². The average Bonchev–Trinajstić information content (AvgIpc) is 1.79. The van der Waals surface area contributed by atoms with E-state index in [0.29, 0.717) is 0 Å². The molecule has 0 aromatic carbocycles. The van der Waals surface area contributed by atoms with Gasteiger partial charge in [-0.05, 0) is 19.0 Å². The van der Waals surface area contributed by atoms with Gasteiger partial charge in [-0.25, -0.2) is 8.78 Å². The van der Waals surface area contributed by atoms with Crippen LogP contribution < -0.4 is 5.32 Å². The van der Waals surface area contributed by atoms with E-state index in [4.69, 9.17) is 0 Å². The summed E-state index contributed by atoms with van der Waals surface area (Å²) in [5, 5.41) is 2.99. The SMILES string of the molecule is CC(C)C(F)(F)CC1CNC1. The molecule has 1 nitrogen and oxygen atoms in total. The Hall–Kier alpha value is -0.180. The smallest absolute Gasteiger partial charge is 0.250 e. The van der Waals surface area contributed by atoms with Crippen molar-refractivity contribution in [2.24, 2.45) is 11.8 Å². The zero-order valence-electron chi connectivity index (χ0n) is 7.03. The Balaban J connectivity index is 2.32. The van der Waals surface area contributed by atoms with Crippen molar-refractivity contribution in [3.8, 4) is 0 Å². The van der Waals surface area contributed by atoms with Gasteiger partial charge >= 0.3 is 0 Å². The van der Waals surface area contributed by atoms with Crippen LogP contribution >= 0.6 is 0 Å². The third kappa shape index (κ3) is 2.12. The second-order valence-electron chi connectivity index (χ2n) is 3.64. The monoisotopic (exact) mass is 163 g/mol. The van der Waals surface area contributed by atoms with Crippen LogP contribution in [0.15, 0.2) is 0 Å². The lowest BCUT2D eigenvalue weighted by Gasteiger charge is -2.32. The van der Waals surface area contributed by atoms with Gasteiger partial charge in [0.2, 0.25) is 0 Å². The number of rotatable bonds is 3. The van der Waals surface area contributed by atoms with E-state index in [1.54, 1.807) is 13.8 Å². The number of hydrogen-bond donors (Lipinski definition) is 1. The number of alkyl halides is 2. The van der Waals surface area contributed by atoms with Crippen LogP contribution in [-0.2, 0) is 0 Å². The van der Waals surface area contributed by atoms with E-state index in [2.05, 4.69) is 5.32 Å². The third-order valence-electron chi connectivity index (χ3n) is 2.27. The van der Waals surface area contributed by atoms with E-state index in [9.17, 15) is 8.78 Å². The Morgan fingerprint density at radius 3 is 2.27 bits per heavy atom. The molecule has 0 aromatic rings. The first kappa shape index (κ1) is 8.91. The van der Waals surface area contributed by atoms with E-state index in [0.717, 1.165) is 13.1 Å². The van der Waals surface area contributed by atoms with Gasteiger partial charge in [0.15, 0.2) is 0 Å². The van der Waals surface area contributed by atoms with Crippen molar-refractivity contribution in [3.63, 3.8) is 0 Å². The lowest BCUT2D eigenvalue weighted by Crippen LogP contribution is -2.45. The van der Waals surface area contributed by atoms with Crippen LogP contribution in [0.1, 0.15) is 20.3 Å². The molecule has 66 valence electrons. The second-order valence-corrected chi connectivity index (χ2v) is 3.64. The Morgan fingerprint density at radius 1 is 1.45 bits per heavy atom. The zero-order chi connectivity index (χ0) is 8.48. The highest BCUT2D eigenvalue weighted by Gasteiger charge is 2.37. The highest BCUT2D eigenvalue weighted by Crippen LogP contribution is 2.32. The Morgan fingerprint density at radius 2 is 2.00 bits per heavy atom. The molecule has 1 heterocycles. The molecular formula is C8H15F2N. The fraction of sp³-hybridized carbons (Fsp3) is 1.00. The summed E-state index contributed by atoms with van der Waals surface area (Å²) in [6.07, 6.45) is 0.0532. The molecule has 1 fully saturated rings. The predicted molar refractivity (Wildman–Crippen MR) is 40.8 cm³/mol. The van der Waals surface area contributed by atoms with Gasteiger partial charge in [-0.3, -0.25) is 0 Å². The molecule has 0 radical (unpaired) electrons. The fourth-order valence-electron chi connectivity index (χ4n) is 1.11. The molecule has 0 saturated carbocycles. The van der Waals surface area contributed by atoms with Crippen LogP contribution in [0, 0.1) is 11.8 Å². The summed E-state index contributed by atoms with van der Waals surface area (Å²) >= 11 is 0. The van der Waals surface area contributed by atoms with E-state index in [1.165, 1.54) is 0 Å². The molecule has 0 atom stereocenters. The van der Waals surface area contributed by atoms with Crippen LogP contribution in [0.3, 0.4) is 0 Å². The van der Waals surface area contributed by atoms with Crippen LogP contribution in [0.25, 0.3) is 0 Å². The second kappa shape index (κ2) is 3.05. The van der Waals surface area contributed by atoms with Crippen LogP contribution in [0.5, 0.6) is 0 Å². The molecule has 0 amide bonds. The molecule has 0 aliphatic carbocycles. The molecule has 1 N–H and O–H groups in total. The lowest BCUT2D eigenvalue weighted by molar-refractivity contribution is -0.0700. The number of halogens is 2. The highest BCUT2D eigenvalue weighted by molar-refractivity contribution is 4.82. The molecule has 1 rings (SSSR count). The first-order valence-electron chi connectivity index (χ1n) is 4.11. The zero-order valence-corrected chi connectivity index (χ0v) is 7.03. The van der Waals surface area contributed by atoms with Gasteiger partial charge in [-0.2, -0.15) is 0 Å². The minimum Gasteiger partial charge on any atom is -0.316 e. The molecule has 0 aromatic heterocycles. The predicted octanol–water partition coefficient (Wildman–Crippen LogP) is 1.89. The van der Waals surface area contributed by atoms with Gasteiger partial charge < -0.3 is 5.32 Å². The average molecular weight is 163 g/mol. The van der Waals surface area contributed by atoms with Crippen LogP contribution in [-0.4, -0.2) is 19.0 Å². The van der Waals surface area contributed by atoms with Crippen molar-refractivity contribution >= 4 is 0 Å². The highest BCUT2D eigenvalue weighted by atomic mass is 19.3. The number of nitrogens with one attached hydrogen (secondary N) is 1. The summed E-state index contributed by atoms with van der Waals surface area (Å²) in [6, 6.07) is 0. The normalized spacial score (nSPS) is 20.5. The lowest BCUT2D eigenvalue weighted by atomic mass is 9.90. The topological polar surface area (TPSA) is 12.0 Å². The van der Waals surface area contributed by atoms with E-state index < -0.39 is 11.8 Å². The first-order valence-corrected chi connectivity index (χ1v) is 4.11. The fourth-order valence-corrected chi connectivity index (χ4v) is 1.11. The standard InChI is InChI=1S/C8H15F2N/c1-6(2)8(9,10)3-7-4-11-5-7/h6-7,11H,3-5H2,1-2H3. The van der Waals surface area contributed by atoms with Gasteiger partial charge in [0, 0.05) is 12.3 Å². The maximum atomic E-state index is 13.0. The van der Waals surface area contributed by atoms with Crippen LogP contribution in [0.4, 0.5) is 8.78 Å². The third-order valence-corrected chi connectivity index (χ3v) is 2.27. The minimum atomic E-state index is -2.47. The Labute approximate surface area is 66.2 Å². The summed E-state index contributed by atoms with van der Waals surface area (Å²) in [5.41, 5.74) is 0. The van der Waals surface area contributed by atoms with Gasteiger partial charge in [0.05, 0.1) is 0 Å². The maximum Gasteiger partial charge on any atom is 0.250 e. The van der Waals surface area contributed by atoms with Crippen molar-refractivity contribution < 1.29 is 8.78 Å². The van der Waals surface area contributed by atoms with E-state index in [-0.39, 0.29) is 12.3 Å². The molecule has 11 heavy (non-hydrogen) atoms. The minimum absolute atomic E-state index is 0.0532. The molecule has 0 unspecified atom stereocenters. The summed E-state index contributed by atoms with van der Waals surface area (Å²) in [6.45, 7) is 4.68. The molecule has 1 aliphatic rings. The Bertz CT molecular complexity index is 130. The molecule has 1 aliphatic heterocycles. The molecule has 3 heteroatoms. The van der Waals surface area contributed by atoms with Crippen molar-refractivity contribution in [1.29, 1.82) is 0 Å². The van der Waals surface area contributed by atoms with Gasteiger partial charge in [-0.15, -0.1) is 0 Å². The van der Waals surface area contributed by atoms with Crippen LogP contribution in [0.2, 0.25) is 0 Å². The van der Waals surface area contributed by atoms with Gasteiger partial charge in [-0.1, -0.05) is 13.8 Å². The molecule has 0 bridgehead atoms. The van der Waals surface area contributed by atoms with Crippen molar-refractivity contribution in [1.82, 2.24) is 5.32 Å².